The smallest absolute Gasteiger partial charge is 0.343 e. The normalized spacial score (nSPS) is 15.6. The molecule has 1 aliphatic heterocycles. The summed E-state index contributed by atoms with van der Waals surface area (Å²) in [5.41, 5.74) is 13.0. The fraction of sp³-hybridized carbons (Fsp3) is 0.0385. The van der Waals surface area contributed by atoms with Crippen molar-refractivity contribution in [3.05, 3.63) is 112 Å². The number of carbonyl (C=O) groups is 1. The van der Waals surface area contributed by atoms with Crippen LogP contribution in [0.4, 0.5) is 40.3 Å². The van der Waals surface area contributed by atoms with E-state index < -0.39 is 5.66 Å². The van der Waals surface area contributed by atoms with Crippen molar-refractivity contribution in [3.63, 3.8) is 0 Å². The van der Waals surface area contributed by atoms with Crippen LogP contribution in [0.5, 0.6) is 0 Å². The third-order valence-corrected chi connectivity index (χ3v) is 5.85. The molecule has 1 unspecified atom stereocenters. The Labute approximate surface area is 217 Å². The molecule has 12 heteroatoms. The van der Waals surface area contributed by atoms with Crippen LogP contribution in [-0.2, 0) is 5.66 Å². The molecule has 190 valence electrons. The van der Waals surface area contributed by atoms with Crippen molar-refractivity contribution in [1.82, 2.24) is 9.97 Å². The maximum atomic E-state index is 12.7. The summed E-state index contributed by atoms with van der Waals surface area (Å²) < 4.78 is 0. The van der Waals surface area contributed by atoms with E-state index in [-0.39, 0.29) is 22.6 Å². The lowest BCUT2D eigenvalue weighted by Gasteiger charge is -2.29. The van der Waals surface area contributed by atoms with E-state index in [2.05, 4.69) is 31.2 Å². The van der Waals surface area contributed by atoms with Crippen LogP contribution in [-0.4, -0.2) is 20.8 Å². The summed E-state index contributed by atoms with van der Waals surface area (Å²) in [6.45, 7) is 0. The fourth-order valence-corrected chi connectivity index (χ4v) is 4.06. The van der Waals surface area contributed by atoms with Gasteiger partial charge >= 0.3 is 5.66 Å². The zero-order chi connectivity index (χ0) is 26.7. The number of aromatic nitrogens is 2. The minimum absolute atomic E-state index is 0.0512. The molecule has 3 aromatic carbocycles. The second-order valence-electron chi connectivity index (χ2n) is 8.44. The van der Waals surface area contributed by atoms with Crippen LogP contribution in [0.1, 0.15) is 15.9 Å². The van der Waals surface area contributed by atoms with Crippen LogP contribution < -0.4 is 32.7 Å². The van der Waals surface area contributed by atoms with Gasteiger partial charge in [0.05, 0.1) is 16.2 Å². The molecule has 38 heavy (non-hydrogen) atoms. The first kappa shape index (κ1) is 24.1. The van der Waals surface area contributed by atoms with Crippen LogP contribution in [0.2, 0.25) is 0 Å². The SMILES string of the molecule is Nc1cc(Nc2ccc(C(=O)Nc3ccc(NC4([N+](=O)[O-])C=CNc5ccccc54)cc3)cc2)nc(N)n1. The third-order valence-electron chi connectivity index (χ3n) is 5.85. The highest BCUT2D eigenvalue weighted by Gasteiger charge is 2.45. The number of benzene rings is 3. The van der Waals surface area contributed by atoms with Gasteiger partial charge < -0.3 is 32.7 Å². The van der Waals surface area contributed by atoms with Gasteiger partial charge in [-0.3, -0.25) is 14.9 Å². The van der Waals surface area contributed by atoms with Gasteiger partial charge in [-0.25, -0.2) is 0 Å². The summed E-state index contributed by atoms with van der Waals surface area (Å²) in [6, 6.07) is 22.0. The molecule has 1 aromatic heterocycles. The summed E-state index contributed by atoms with van der Waals surface area (Å²) in [7, 11) is 0. The molecule has 0 fully saturated rings. The Morgan fingerprint density at radius 2 is 1.61 bits per heavy atom. The van der Waals surface area contributed by atoms with E-state index in [0.717, 1.165) is 0 Å². The van der Waals surface area contributed by atoms with Gasteiger partial charge in [0, 0.05) is 41.0 Å². The summed E-state index contributed by atoms with van der Waals surface area (Å²) in [5.74, 6) is 0.408. The van der Waals surface area contributed by atoms with Crippen molar-refractivity contribution in [3.8, 4) is 0 Å². The standard InChI is InChI=1S/C26H23N9O3/c27-22-15-23(33-25(28)32-22)30-17-7-5-16(6-8-17)24(36)31-18-9-11-19(12-10-18)34-26(35(37)38)13-14-29-21-4-2-1-3-20(21)26/h1-15,29,34H,(H,31,36)(H5,27,28,30,32,33). The van der Waals surface area contributed by atoms with Crippen LogP contribution in [0.25, 0.3) is 0 Å². The molecule has 1 atom stereocenters. The average molecular weight is 510 g/mol. The van der Waals surface area contributed by atoms with Gasteiger partial charge in [0.1, 0.15) is 11.6 Å². The maximum absolute atomic E-state index is 12.7. The van der Waals surface area contributed by atoms with Gasteiger partial charge in [0.25, 0.3) is 5.91 Å². The number of fused-ring (bicyclic) bond motifs is 1. The van der Waals surface area contributed by atoms with Gasteiger partial charge in [-0.1, -0.05) is 12.1 Å². The molecule has 5 rings (SSSR count). The van der Waals surface area contributed by atoms with Crippen molar-refractivity contribution >= 4 is 46.2 Å². The Morgan fingerprint density at radius 3 is 2.32 bits per heavy atom. The minimum Gasteiger partial charge on any atom is -0.383 e. The molecule has 2 heterocycles. The number of nitro groups is 1. The first-order valence-electron chi connectivity index (χ1n) is 11.5. The second-order valence-corrected chi connectivity index (χ2v) is 8.44. The summed E-state index contributed by atoms with van der Waals surface area (Å²) >= 11 is 0. The molecule has 1 aliphatic rings. The van der Waals surface area contributed by atoms with Gasteiger partial charge in [-0.15, -0.1) is 0 Å². The second kappa shape index (κ2) is 9.78. The molecular formula is C26H23N9O3. The first-order chi connectivity index (χ1) is 18.3. The first-order valence-corrected chi connectivity index (χ1v) is 11.5. The quantitative estimate of drug-likeness (QED) is 0.120. The van der Waals surface area contributed by atoms with E-state index in [1.165, 1.54) is 6.08 Å². The summed E-state index contributed by atoms with van der Waals surface area (Å²) in [6.07, 6.45) is 3.02. The number of hydrogen-bond acceptors (Lipinski definition) is 10. The van der Waals surface area contributed by atoms with Crippen molar-refractivity contribution in [2.24, 2.45) is 0 Å². The predicted octanol–water partition coefficient (Wildman–Crippen LogP) is 4.12. The highest BCUT2D eigenvalue weighted by atomic mass is 16.6. The monoisotopic (exact) mass is 509 g/mol. The topological polar surface area (TPSA) is 186 Å². The van der Waals surface area contributed by atoms with Crippen LogP contribution in [0.3, 0.4) is 0 Å². The molecule has 1 amide bonds. The number of nitrogens with one attached hydrogen (secondary N) is 4. The average Bonchev–Trinajstić information content (AvgIpc) is 2.90. The number of hydrogen-bond donors (Lipinski definition) is 6. The van der Waals surface area contributed by atoms with Crippen molar-refractivity contribution < 1.29 is 9.72 Å². The van der Waals surface area contributed by atoms with E-state index in [1.807, 2.05) is 6.07 Å². The van der Waals surface area contributed by atoms with Crippen molar-refractivity contribution in [1.29, 1.82) is 0 Å². The Hall–Kier alpha value is -5.65. The number of nitrogen functional groups attached to an aromatic ring is 2. The number of carbonyl (C=O) groups excluding carboxylic acids is 1. The Morgan fingerprint density at radius 1 is 0.921 bits per heavy atom. The zero-order valence-electron chi connectivity index (χ0n) is 19.9. The van der Waals surface area contributed by atoms with Gasteiger partial charge in [0.15, 0.2) is 0 Å². The van der Waals surface area contributed by atoms with E-state index in [9.17, 15) is 14.9 Å². The maximum Gasteiger partial charge on any atom is 0.343 e. The van der Waals surface area contributed by atoms with Crippen LogP contribution >= 0.6 is 0 Å². The minimum atomic E-state index is -1.63. The molecule has 12 nitrogen and oxygen atoms in total. The lowest BCUT2D eigenvalue weighted by Crippen LogP contribution is -2.43. The number of nitrogens with two attached hydrogens (primary N) is 2. The van der Waals surface area contributed by atoms with E-state index in [0.29, 0.717) is 39.7 Å². The zero-order valence-corrected chi connectivity index (χ0v) is 19.9. The largest absolute Gasteiger partial charge is 0.383 e. The molecule has 8 N–H and O–H groups in total. The predicted molar refractivity (Wildman–Crippen MR) is 146 cm³/mol. The molecule has 0 radical (unpaired) electrons. The number of para-hydroxylation sites is 1. The van der Waals surface area contributed by atoms with Crippen molar-refractivity contribution in [2.45, 2.75) is 5.66 Å². The Kier molecular flexibility index (Phi) is 6.19. The number of anilines is 7. The van der Waals surface area contributed by atoms with Gasteiger partial charge in [-0.05, 0) is 60.7 Å². The third kappa shape index (κ3) is 4.86. The summed E-state index contributed by atoms with van der Waals surface area (Å²) in [4.78, 5) is 32.4. The lowest BCUT2D eigenvalue weighted by molar-refractivity contribution is -0.555. The molecule has 0 saturated carbocycles. The molecule has 0 saturated heterocycles. The fourth-order valence-electron chi connectivity index (χ4n) is 4.06. The van der Waals surface area contributed by atoms with E-state index >= 15 is 0 Å². The summed E-state index contributed by atoms with van der Waals surface area (Å²) in [5, 5.41) is 24.1. The van der Waals surface area contributed by atoms with Gasteiger partial charge in [0.2, 0.25) is 5.95 Å². The Bertz CT molecular complexity index is 1520. The highest BCUT2D eigenvalue weighted by Crippen LogP contribution is 2.36. The van der Waals surface area contributed by atoms with E-state index in [4.69, 9.17) is 11.5 Å². The van der Waals surface area contributed by atoms with Gasteiger partial charge in [-0.2, -0.15) is 9.97 Å². The van der Waals surface area contributed by atoms with E-state index in [1.54, 1.807) is 79.0 Å². The molecule has 0 bridgehead atoms. The molecule has 0 aliphatic carbocycles. The molecule has 0 spiro atoms. The van der Waals surface area contributed by atoms with Crippen LogP contribution in [0, 0.1) is 10.1 Å². The number of amides is 1. The highest BCUT2D eigenvalue weighted by molar-refractivity contribution is 6.04. The lowest BCUT2D eigenvalue weighted by atomic mass is 9.95. The Balaban J connectivity index is 1.26. The number of nitrogens with zero attached hydrogens (tertiary/aromatic N) is 3. The molecule has 4 aromatic rings. The number of rotatable bonds is 7. The van der Waals surface area contributed by atoms with Crippen molar-refractivity contribution in [2.75, 3.05) is 32.7 Å². The molecular weight excluding hydrogens is 486 g/mol. The van der Waals surface area contributed by atoms with Crippen LogP contribution in [0.15, 0.2) is 91.1 Å².